The third-order valence-electron chi connectivity index (χ3n) is 11.4. The summed E-state index contributed by atoms with van der Waals surface area (Å²) in [7, 11) is 0. The van der Waals surface area contributed by atoms with E-state index in [1.807, 2.05) is 0 Å². The van der Waals surface area contributed by atoms with Gasteiger partial charge < -0.3 is 20.1 Å². The maximum Gasteiger partial charge on any atom is 0.137 e. The summed E-state index contributed by atoms with van der Waals surface area (Å²) in [5, 5.41) is 34.5. The van der Waals surface area contributed by atoms with Crippen LogP contribution in [-0.2, 0) is 21.7 Å². The largest absolute Gasteiger partial charge is 0.484 e. The number of aliphatic hydroxyl groups is 3. The summed E-state index contributed by atoms with van der Waals surface area (Å²) < 4.78 is 7.85. The van der Waals surface area contributed by atoms with Crippen molar-refractivity contribution in [1.82, 2.24) is 0 Å². The van der Waals surface area contributed by atoms with E-state index in [-0.39, 0.29) is 43.3 Å². The molecule has 0 spiro atoms. The molecule has 2 rings (SSSR count). The van der Waals surface area contributed by atoms with Crippen LogP contribution in [0.25, 0.3) is 0 Å². The molecule has 0 aromatic heterocycles. The average molecular weight is 765 g/mol. The molecule has 0 amide bonds. The van der Waals surface area contributed by atoms with E-state index in [0.29, 0.717) is 0 Å². The SMILES string of the molecule is Cc1cc(C(C)(C)CC(C)(C)C)c(OC(c2c(C(C)(C)CC(C)(C)C)cc(C)cc2C(C)(C)CC(C)(C)C)C(CO)(CO)CO)c(C(C)(C)CC(C)(C)C)c1. The standard InChI is InChI=1S/C51H88O4/c1-34-23-36(47(15,16)27-43(3,4)5)40(37(24-34)48(17,18)28-44(6,7)8)42(51(31-52,32-53)33-54)55-41-38(49(19,20)29-45(9,10)11)25-35(2)26-39(41)50(21,22)30-46(12,13)14/h23-26,42,52-54H,27-33H2,1-22H3. The van der Waals surface area contributed by atoms with Crippen LogP contribution in [0.4, 0.5) is 0 Å². The molecular formula is C51H88O4. The van der Waals surface area contributed by atoms with Crippen LogP contribution in [0.3, 0.4) is 0 Å². The van der Waals surface area contributed by atoms with Gasteiger partial charge in [0.15, 0.2) is 0 Å². The number of hydrogen-bond donors (Lipinski definition) is 3. The summed E-state index contributed by atoms with van der Waals surface area (Å²) >= 11 is 0. The lowest BCUT2D eigenvalue weighted by Gasteiger charge is -2.46. The highest BCUT2D eigenvalue weighted by Crippen LogP contribution is 2.54. The third-order valence-corrected chi connectivity index (χ3v) is 11.4. The zero-order chi connectivity index (χ0) is 43.2. The van der Waals surface area contributed by atoms with Gasteiger partial charge in [-0.05, 0) is 94.0 Å². The molecule has 0 radical (unpaired) electrons. The summed E-state index contributed by atoms with van der Waals surface area (Å²) in [4.78, 5) is 0. The Morgan fingerprint density at radius 3 is 0.891 bits per heavy atom. The first-order valence-corrected chi connectivity index (χ1v) is 21.2. The van der Waals surface area contributed by atoms with Crippen LogP contribution < -0.4 is 4.74 Å². The van der Waals surface area contributed by atoms with E-state index in [1.54, 1.807) is 0 Å². The first kappa shape index (κ1) is 49.3. The van der Waals surface area contributed by atoms with E-state index in [0.717, 1.165) is 59.3 Å². The van der Waals surface area contributed by atoms with Gasteiger partial charge in [-0.2, -0.15) is 0 Å². The van der Waals surface area contributed by atoms with E-state index in [2.05, 4.69) is 177 Å². The first-order chi connectivity index (χ1) is 24.4. The molecule has 0 saturated carbocycles. The Morgan fingerprint density at radius 2 is 0.655 bits per heavy atom. The first-order valence-electron chi connectivity index (χ1n) is 21.2. The molecule has 0 aliphatic heterocycles. The van der Waals surface area contributed by atoms with E-state index in [9.17, 15) is 15.3 Å². The van der Waals surface area contributed by atoms with Crippen molar-refractivity contribution in [2.24, 2.45) is 27.1 Å². The van der Waals surface area contributed by atoms with Crippen molar-refractivity contribution in [2.75, 3.05) is 19.8 Å². The number of rotatable bonds is 15. The normalized spacial score (nSPS) is 15.1. The van der Waals surface area contributed by atoms with Crippen molar-refractivity contribution in [3.8, 4) is 5.75 Å². The van der Waals surface area contributed by atoms with Crippen LogP contribution in [0.15, 0.2) is 24.3 Å². The average Bonchev–Trinajstić information content (AvgIpc) is 2.92. The predicted octanol–water partition coefficient (Wildman–Crippen LogP) is 13.2. The van der Waals surface area contributed by atoms with Gasteiger partial charge in [-0.15, -0.1) is 0 Å². The molecule has 2 aromatic carbocycles. The van der Waals surface area contributed by atoms with Crippen LogP contribution in [-0.4, -0.2) is 35.1 Å². The molecular weight excluding hydrogens is 677 g/mol. The molecule has 55 heavy (non-hydrogen) atoms. The van der Waals surface area contributed by atoms with Gasteiger partial charge >= 0.3 is 0 Å². The molecule has 316 valence electrons. The zero-order valence-electron chi connectivity index (χ0n) is 40.1. The Labute approximate surface area is 340 Å². The van der Waals surface area contributed by atoms with E-state index in [4.69, 9.17) is 4.74 Å². The smallest absolute Gasteiger partial charge is 0.137 e. The Hall–Kier alpha value is -1.88. The maximum atomic E-state index is 11.5. The van der Waals surface area contributed by atoms with Crippen molar-refractivity contribution in [1.29, 1.82) is 0 Å². The van der Waals surface area contributed by atoms with Gasteiger partial charge in [0.2, 0.25) is 0 Å². The van der Waals surface area contributed by atoms with Crippen molar-refractivity contribution < 1.29 is 20.1 Å². The van der Waals surface area contributed by atoms with E-state index >= 15 is 0 Å². The molecule has 2 aromatic rings. The van der Waals surface area contributed by atoms with Crippen LogP contribution >= 0.6 is 0 Å². The second kappa shape index (κ2) is 16.4. The van der Waals surface area contributed by atoms with Crippen molar-refractivity contribution in [3.05, 3.63) is 63.2 Å². The van der Waals surface area contributed by atoms with E-state index < -0.39 is 31.3 Å². The lowest BCUT2D eigenvalue weighted by atomic mass is 9.63. The highest BCUT2D eigenvalue weighted by atomic mass is 16.5. The molecule has 1 atom stereocenters. The number of benzene rings is 2. The van der Waals surface area contributed by atoms with Crippen LogP contribution in [0, 0.1) is 40.9 Å². The molecule has 0 aliphatic carbocycles. The van der Waals surface area contributed by atoms with Gasteiger partial charge in [-0.25, -0.2) is 0 Å². The van der Waals surface area contributed by atoms with Gasteiger partial charge in [0.05, 0.1) is 25.2 Å². The van der Waals surface area contributed by atoms with Gasteiger partial charge in [0.1, 0.15) is 11.9 Å². The summed E-state index contributed by atoms with van der Waals surface area (Å²) in [6, 6.07) is 9.23. The summed E-state index contributed by atoms with van der Waals surface area (Å²) in [5.74, 6) is 0.818. The molecule has 0 fully saturated rings. The Bertz CT molecular complexity index is 1480. The van der Waals surface area contributed by atoms with Gasteiger partial charge in [0, 0.05) is 16.7 Å². The molecule has 4 nitrogen and oxygen atoms in total. The molecule has 0 heterocycles. The van der Waals surface area contributed by atoms with Crippen molar-refractivity contribution in [3.63, 3.8) is 0 Å². The number of aliphatic hydroxyl groups excluding tert-OH is 3. The highest BCUT2D eigenvalue weighted by molar-refractivity contribution is 5.54. The zero-order valence-corrected chi connectivity index (χ0v) is 40.1. The molecule has 1 unspecified atom stereocenters. The minimum atomic E-state index is -1.39. The van der Waals surface area contributed by atoms with E-state index in [1.165, 1.54) is 11.1 Å². The number of aryl methyl sites for hydroxylation is 2. The minimum Gasteiger partial charge on any atom is -0.484 e. The monoisotopic (exact) mass is 765 g/mol. The molecule has 0 bridgehead atoms. The fraction of sp³-hybridized carbons (Fsp3) is 0.765. The number of ether oxygens (including phenoxy) is 1. The van der Waals surface area contributed by atoms with Crippen molar-refractivity contribution >= 4 is 0 Å². The third kappa shape index (κ3) is 12.8. The van der Waals surface area contributed by atoms with Crippen LogP contribution in [0.5, 0.6) is 5.75 Å². The second-order valence-corrected chi connectivity index (χ2v) is 25.3. The molecule has 0 aliphatic rings. The fourth-order valence-electron chi connectivity index (χ4n) is 10.8. The van der Waals surface area contributed by atoms with Crippen LogP contribution in [0.1, 0.15) is 209 Å². The van der Waals surface area contributed by atoms with Crippen molar-refractivity contribution in [2.45, 2.75) is 206 Å². The van der Waals surface area contributed by atoms with Gasteiger partial charge in [-0.3, -0.25) is 0 Å². The summed E-state index contributed by atoms with van der Waals surface area (Å²) in [6.07, 6.45) is 2.79. The molecule has 4 heteroatoms. The minimum absolute atomic E-state index is 0.0231. The topological polar surface area (TPSA) is 69.9 Å². The summed E-state index contributed by atoms with van der Waals surface area (Å²) in [5.41, 5.74) is 5.47. The Balaban J connectivity index is 3.45. The lowest BCUT2D eigenvalue weighted by Crippen LogP contribution is -2.45. The predicted molar refractivity (Wildman–Crippen MR) is 238 cm³/mol. The molecule has 3 N–H and O–H groups in total. The van der Waals surface area contributed by atoms with Gasteiger partial charge in [0.25, 0.3) is 0 Å². The fourth-order valence-corrected chi connectivity index (χ4v) is 10.8. The summed E-state index contributed by atoms with van der Waals surface area (Å²) in [6.45, 7) is 49.2. The number of hydrogen-bond acceptors (Lipinski definition) is 4. The molecule has 0 saturated heterocycles. The quantitative estimate of drug-likeness (QED) is 0.169. The van der Waals surface area contributed by atoms with Crippen LogP contribution in [0.2, 0.25) is 0 Å². The Kier molecular flexibility index (Phi) is 14.7. The Morgan fingerprint density at radius 1 is 0.418 bits per heavy atom. The maximum absolute atomic E-state index is 11.5. The second-order valence-electron chi connectivity index (χ2n) is 25.3. The highest BCUT2D eigenvalue weighted by Gasteiger charge is 2.48. The lowest BCUT2D eigenvalue weighted by molar-refractivity contribution is -0.0765. The van der Waals surface area contributed by atoms with Gasteiger partial charge in [-0.1, -0.05) is 174 Å².